The zero-order valence-electron chi connectivity index (χ0n) is 16.1. The predicted octanol–water partition coefficient (Wildman–Crippen LogP) is 2.07. The Morgan fingerprint density at radius 1 is 1.33 bits per heavy atom. The molecule has 0 radical (unpaired) electrons. The van der Waals surface area contributed by atoms with E-state index in [2.05, 4.69) is 21.7 Å². The molecule has 6 rings (SSSR count). The molecule has 146 valence electrons. The zero-order chi connectivity index (χ0) is 18.5. The van der Waals surface area contributed by atoms with Crippen LogP contribution in [0.25, 0.3) is 0 Å². The second kappa shape index (κ2) is 6.83. The molecule has 6 nitrogen and oxygen atoms in total. The number of carbonyl (C=O) groups is 1. The maximum atomic E-state index is 11.7. The molecule has 2 N–H and O–H groups in total. The van der Waals surface area contributed by atoms with E-state index in [1.807, 2.05) is 6.07 Å². The van der Waals surface area contributed by atoms with Crippen LogP contribution in [0.5, 0.6) is 0 Å². The molecular weight excluding hydrogens is 340 g/mol. The van der Waals surface area contributed by atoms with Crippen LogP contribution in [0.3, 0.4) is 0 Å². The molecule has 2 unspecified atom stereocenters. The monoisotopic (exact) mass is 370 g/mol. The highest BCUT2D eigenvalue weighted by Crippen LogP contribution is 2.48. The Hall–Kier alpha value is -1.50. The van der Waals surface area contributed by atoms with E-state index in [-0.39, 0.29) is 0 Å². The molecule has 0 spiro atoms. The van der Waals surface area contributed by atoms with Crippen LogP contribution in [-0.2, 0) is 13.0 Å². The minimum atomic E-state index is -0.483. The molecule has 1 aromatic rings. The number of rotatable bonds is 5. The van der Waals surface area contributed by atoms with Gasteiger partial charge in [0.05, 0.1) is 5.56 Å². The number of carbonyl (C=O) groups excluding carboxylic acids is 1. The van der Waals surface area contributed by atoms with Gasteiger partial charge in [-0.2, -0.15) is 0 Å². The van der Waals surface area contributed by atoms with E-state index in [1.165, 1.54) is 38.9 Å². The largest absolute Gasteiger partial charge is 0.300 e. The highest BCUT2D eigenvalue weighted by atomic mass is 16.5. The van der Waals surface area contributed by atoms with Crippen molar-refractivity contribution in [2.75, 3.05) is 19.6 Å². The van der Waals surface area contributed by atoms with Crippen molar-refractivity contribution < 1.29 is 10.0 Å². The third-order valence-electron chi connectivity index (χ3n) is 7.48. The average molecular weight is 370 g/mol. The third-order valence-corrected chi connectivity index (χ3v) is 7.48. The first-order chi connectivity index (χ1) is 13.2. The highest BCUT2D eigenvalue weighted by Gasteiger charge is 2.50. The van der Waals surface area contributed by atoms with Crippen LogP contribution < -0.4 is 5.48 Å². The molecule has 2 aliphatic carbocycles. The van der Waals surface area contributed by atoms with E-state index in [0.717, 1.165) is 54.4 Å². The summed E-state index contributed by atoms with van der Waals surface area (Å²) in [6.45, 7) is 6.95. The van der Waals surface area contributed by atoms with E-state index in [1.54, 1.807) is 11.7 Å². The Kier molecular flexibility index (Phi) is 4.45. The molecule has 3 aliphatic heterocycles. The van der Waals surface area contributed by atoms with Crippen molar-refractivity contribution >= 4 is 5.91 Å². The number of aromatic nitrogens is 1. The van der Waals surface area contributed by atoms with Crippen molar-refractivity contribution in [1.82, 2.24) is 20.3 Å². The second-order valence-electron chi connectivity index (χ2n) is 9.07. The quantitative estimate of drug-likeness (QED) is 0.613. The smallest absolute Gasteiger partial charge is 0.276 e. The molecule has 3 atom stereocenters. The molecule has 2 saturated carbocycles. The lowest BCUT2D eigenvalue weighted by atomic mass is 9.61. The van der Waals surface area contributed by atoms with Gasteiger partial charge < -0.3 is 0 Å². The van der Waals surface area contributed by atoms with Crippen molar-refractivity contribution in [3.8, 4) is 0 Å². The average Bonchev–Trinajstić information content (AvgIpc) is 3.55. The standard InChI is InChI=1S/C21H30N4O2/c1-2-17-7-20-16(5-13(8-22-20)21(26)23-27)11-25(17)12-19-14-6-15(19)10-24(9-14)18-3-4-18/h5,8,14-15,17-19,27H,2-4,6-7,9-12H2,1H3,(H,23,26)/t14?,15?,17-,19?/m0/s1. The van der Waals surface area contributed by atoms with Crippen molar-refractivity contribution in [2.24, 2.45) is 17.8 Å². The molecule has 4 heterocycles. The molecule has 2 bridgehead atoms. The molecule has 1 amide bonds. The molecule has 5 aliphatic rings. The van der Waals surface area contributed by atoms with Crippen molar-refractivity contribution in [3.05, 3.63) is 29.1 Å². The summed E-state index contributed by atoms with van der Waals surface area (Å²) < 4.78 is 0. The highest BCUT2D eigenvalue weighted by molar-refractivity contribution is 5.93. The van der Waals surface area contributed by atoms with Crippen LogP contribution in [0.2, 0.25) is 0 Å². The number of nitrogens with zero attached hydrogens (tertiary/aromatic N) is 3. The molecule has 2 saturated heterocycles. The number of nitrogens with one attached hydrogen (secondary N) is 1. The van der Waals surface area contributed by atoms with Crippen LogP contribution in [0.4, 0.5) is 0 Å². The minimum absolute atomic E-state index is 0.437. The summed E-state index contributed by atoms with van der Waals surface area (Å²) in [6, 6.07) is 3.36. The van der Waals surface area contributed by atoms with E-state index < -0.39 is 5.91 Å². The van der Waals surface area contributed by atoms with E-state index in [4.69, 9.17) is 5.21 Å². The number of pyridine rings is 1. The fourth-order valence-corrected chi connectivity index (χ4v) is 5.70. The Morgan fingerprint density at radius 3 is 2.78 bits per heavy atom. The normalized spacial score (nSPS) is 33.3. The number of fused-ring (bicyclic) bond motifs is 3. The molecule has 1 aromatic heterocycles. The molecule has 6 heteroatoms. The number of amides is 1. The second-order valence-corrected chi connectivity index (χ2v) is 9.07. The zero-order valence-corrected chi connectivity index (χ0v) is 16.1. The number of hydrogen-bond acceptors (Lipinski definition) is 5. The summed E-state index contributed by atoms with van der Waals surface area (Å²) in [4.78, 5) is 21.7. The lowest BCUT2D eigenvalue weighted by Gasteiger charge is -2.56. The van der Waals surface area contributed by atoms with Gasteiger partial charge in [-0.1, -0.05) is 6.92 Å². The molecule has 27 heavy (non-hydrogen) atoms. The van der Waals surface area contributed by atoms with Gasteiger partial charge in [0.2, 0.25) is 0 Å². The Labute approximate surface area is 160 Å². The van der Waals surface area contributed by atoms with Crippen LogP contribution in [-0.4, -0.2) is 57.6 Å². The Balaban J connectivity index is 1.29. The maximum Gasteiger partial charge on any atom is 0.276 e. The summed E-state index contributed by atoms with van der Waals surface area (Å²) in [6.07, 6.45) is 7.94. The summed E-state index contributed by atoms with van der Waals surface area (Å²) in [5.41, 5.74) is 4.41. The Morgan fingerprint density at radius 2 is 2.11 bits per heavy atom. The molecule has 4 fully saturated rings. The first-order valence-electron chi connectivity index (χ1n) is 10.6. The van der Waals surface area contributed by atoms with Crippen molar-refractivity contribution in [3.63, 3.8) is 0 Å². The van der Waals surface area contributed by atoms with Gasteiger partial charge in [0, 0.05) is 56.6 Å². The van der Waals surface area contributed by atoms with Crippen LogP contribution in [0.1, 0.15) is 54.2 Å². The number of hydrogen-bond donors (Lipinski definition) is 2. The van der Waals surface area contributed by atoms with Crippen molar-refractivity contribution in [1.29, 1.82) is 0 Å². The summed E-state index contributed by atoms with van der Waals surface area (Å²) in [5, 5.41) is 8.90. The van der Waals surface area contributed by atoms with Gasteiger partial charge in [-0.3, -0.25) is 24.8 Å². The molecular formula is C21H30N4O2. The lowest BCUT2D eigenvalue weighted by molar-refractivity contribution is -0.0684. The van der Waals surface area contributed by atoms with Gasteiger partial charge in [0.1, 0.15) is 0 Å². The fourth-order valence-electron chi connectivity index (χ4n) is 5.70. The fraction of sp³-hybridized carbons (Fsp3) is 0.714. The van der Waals surface area contributed by atoms with E-state index in [9.17, 15) is 4.79 Å². The maximum absolute atomic E-state index is 11.7. The van der Waals surface area contributed by atoms with E-state index in [0.29, 0.717) is 11.6 Å². The molecule has 0 aromatic carbocycles. The van der Waals surface area contributed by atoms with E-state index >= 15 is 0 Å². The van der Waals surface area contributed by atoms with Gasteiger partial charge in [-0.25, -0.2) is 5.48 Å². The minimum Gasteiger partial charge on any atom is -0.300 e. The van der Waals surface area contributed by atoms with Gasteiger partial charge in [-0.15, -0.1) is 0 Å². The summed E-state index contributed by atoms with van der Waals surface area (Å²) >= 11 is 0. The number of piperidine rings is 2. The van der Waals surface area contributed by atoms with Crippen LogP contribution >= 0.6 is 0 Å². The first kappa shape index (κ1) is 17.6. The SMILES string of the molecule is CC[C@H]1Cc2ncc(C(=O)NO)cc2CN1CC1C2CC1CN(C1CC1)C2. The third kappa shape index (κ3) is 3.18. The summed E-state index contributed by atoms with van der Waals surface area (Å²) in [5.74, 6) is 2.12. The van der Waals surface area contributed by atoms with Crippen LogP contribution in [0, 0.1) is 17.8 Å². The van der Waals surface area contributed by atoms with Gasteiger partial charge in [-0.05, 0) is 55.1 Å². The topological polar surface area (TPSA) is 68.7 Å². The van der Waals surface area contributed by atoms with Crippen molar-refractivity contribution in [2.45, 2.75) is 57.7 Å². The Bertz CT molecular complexity index is 723. The number of hydroxylamine groups is 1. The first-order valence-corrected chi connectivity index (χ1v) is 10.6. The lowest BCUT2D eigenvalue weighted by Crippen LogP contribution is -2.59. The van der Waals surface area contributed by atoms with Gasteiger partial charge in [0.25, 0.3) is 5.91 Å². The van der Waals surface area contributed by atoms with Crippen LogP contribution in [0.15, 0.2) is 12.3 Å². The summed E-state index contributed by atoms with van der Waals surface area (Å²) in [7, 11) is 0. The van der Waals surface area contributed by atoms with Gasteiger partial charge >= 0.3 is 0 Å². The predicted molar refractivity (Wildman–Crippen MR) is 101 cm³/mol. The van der Waals surface area contributed by atoms with Gasteiger partial charge in [0.15, 0.2) is 0 Å².